The Morgan fingerprint density at radius 3 is 2.36 bits per heavy atom. The molecule has 0 aromatic heterocycles. The average Bonchev–Trinajstić information content (AvgIpc) is 2.89. The summed E-state index contributed by atoms with van der Waals surface area (Å²) in [6.45, 7) is 4.23. The second-order valence-corrected chi connectivity index (χ2v) is 5.16. The van der Waals surface area contributed by atoms with E-state index in [-0.39, 0.29) is 25.7 Å². The Kier molecular flexibility index (Phi) is 4.51. The number of hydrogen-bond acceptors (Lipinski definition) is 4. The normalized spacial score (nSPS) is 23.5. The molecule has 1 fully saturated rings. The lowest BCUT2D eigenvalue weighted by molar-refractivity contribution is 0.182. The molecule has 4 nitrogen and oxygen atoms in total. The van der Waals surface area contributed by atoms with Crippen molar-refractivity contribution in [2.75, 3.05) is 19.8 Å². The van der Waals surface area contributed by atoms with Crippen molar-refractivity contribution in [2.45, 2.75) is 32.3 Å². The molecule has 0 bridgehead atoms. The van der Waals surface area contributed by atoms with Crippen LogP contribution in [0.25, 0.3) is 0 Å². The summed E-state index contributed by atoms with van der Waals surface area (Å²) in [4.78, 5) is 0. The van der Waals surface area contributed by atoms with Gasteiger partial charge in [-0.15, -0.1) is 0 Å². The van der Waals surface area contributed by atoms with Crippen LogP contribution < -0.4 is 0 Å². The number of rotatable bonds is 7. The molecule has 1 heterocycles. The second kappa shape index (κ2) is 5.21. The molecule has 1 unspecified atom stereocenters. The van der Waals surface area contributed by atoms with Gasteiger partial charge in [0, 0.05) is 6.42 Å². The smallest absolute Gasteiger partial charge is 0.364 e. The molecule has 0 saturated carbocycles. The highest BCUT2D eigenvalue weighted by Gasteiger charge is 2.40. The summed E-state index contributed by atoms with van der Waals surface area (Å²) in [7, 11) is -3.57. The summed E-state index contributed by atoms with van der Waals surface area (Å²) in [6.07, 6.45) is -0.0173. The van der Waals surface area contributed by atoms with E-state index in [4.69, 9.17) is 13.8 Å². The SMILES string of the molecule is CCOP(=O)(OCC)C(F)C[C@H]1CO1. The van der Waals surface area contributed by atoms with Crippen molar-refractivity contribution < 1.29 is 22.7 Å². The molecule has 84 valence electrons. The summed E-state index contributed by atoms with van der Waals surface area (Å²) in [5.74, 6) is -1.57. The van der Waals surface area contributed by atoms with E-state index in [1.807, 2.05) is 0 Å². The number of ether oxygens (including phenoxy) is 1. The highest BCUT2D eigenvalue weighted by molar-refractivity contribution is 7.54. The van der Waals surface area contributed by atoms with Crippen LogP contribution in [0.5, 0.6) is 0 Å². The zero-order chi connectivity index (χ0) is 10.6. The Balaban J connectivity index is 2.49. The van der Waals surface area contributed by atoms with Gasteiger partial charge in [-0.1, -0.05) is 0 Å². The summed E-state index contributed by atoms with van der Waals surface area (Å²) >= 11 is 0. The fourth-order valence-electron chi connectivity index (χ4n) is 1.11. The molecule has 0 radical (unpaired) electrons. The predicted octanol–water partition coefficient (Wildman–Crippen LogP) is 2.34. The van der Waals surface area contributed by atoms with Crippen molar-refractivity contribution in [3.63, 3.8) is 0 Å². The Morgan fingerprint density at radius 2 is 2.00 bits per heavy atom. The third-order valence-electron chi connectivity index (χ3n) is 1.82. The van der Waals surface area contributed by atoms with E-state index < -0.39 is 13.5 Å². The average molecular weight is 226 g/mol. The maximum Gasteiger partial charge on any atom is 0.364 e. The summed E-state index contributed by atoms with van der Waals surface area (Å²) in [6, 6.07) is 0. The quantitative estimate of drug-likeness (QED) is 0.493. The first kappa shape index (κ1) is 12.1. The Bertz CT molecular complexity index is 209. The first-order valence-corrected chi connectivity index (χ1v) is 6.38. The van der Waals surface area contributed by atoms with Gasteiger partial charge in [0.25, 0.3) is 0 Å². The van der Waals surface area contributed by atoms with Gasteiger partial charge in [0.2, 0.25) is 5.91 Å². The van der Waals surface area contributed by atoms with E-state index >= 15 is 0 Å². The molecule has 0 aromatic rings. The van der Waals surface area contributed by atoms with Gasteiger partial charge in [-0.3, -0.25) is 4.57 Å². The molecule has 1 saturated heterocycles. The molecule has 6 heteroatoms. The second-order valence-electron chi connectivity index (χ2n) is 3.00. The monoisotopic (exact) mass is 226 g/mol. The van der Waals surface area contributed by atoms with Gasteiger partial charge in [-0.25, -0.2) is 4.39 Å². The summed E-state index contributed by atoms with van der Waals surface area (Å²) in [5.41, 5.74) is 0. The molecular formula is C8H16FO4P. The van der Waals surface area contributed by atoms with Crippen LogP contribution in [0, 0.1) is 0 Å². The lowest BCUT2D eigenvalue weighted by Gasteiger charge is -2.19. The Hall–Kier alpha value is 0.0400. The molecule has 1 aliphatic rings. The van der Waals surface area contributed by atoms with E-state index in [1.54, 1.807) is 13.8 Å². The minimum atomic E-state index is -3.57. The van der Waals surface area contributed by atoms with Crippen LogP contribution in [0.4, 0.5) is 4.39 Å². The molecule has 0 aromatic carbocycles. The maximum atomic E-state index is 13.5. The summed E-state index contributed by atoms with van der Waals surface area (Å²) in [5, 5.41) is 0. The molecule has 14 heavy (non-hydrogen) atoms. The molecule has 0 aliphatic carbocycles. The molecule has 2 atom stereocenters. The highest BCUT2D eigenvalue weighted by atomic mass is 31.2. The Morgan fingerprint density at radius 1 is 1.50 bits per heavy atom. The molecule has 0 amide bonds. The largest absolute Gasteiger partial charge is 0.373 e. The van der Waals surface area contributed by atoms with E-state index in [1.165, 1.54) is 0 Å². The lowest BCUT2D eigenvalue weighted by Crippen LogP contribution is -2.11. The standard InChI is InChI=1S/C8H16FO4P/c1-3-12-14(10,13-4-2)8(9)5-7-6-11-7/h7-8H,3-6H2,1-2H3/t7-,8?/m0/s1. The van der Waals surface area contributed by atoms with E-state index in [0.29, 0.717) is 6.61 Å². The van der Waals surface area contributed by atoms with Crippen LogP contribution in [0.2, 0.25) is 0 Å². The van der Waals surface area contributed by atoms with Crippen molar-refractivity contribution in [3.05, 3.63) is 0 Å². The van der Waals surface area contributed by atoms with Crippen molar-refractivity contribution in [2.24, 2.45) is 0 Å². The zero-order valence-corrected chi connectivity index (χ0v) is 9.34. The molecule has 1 rings (SSSR count). The zero-order valence-electron chi connectivity index (χ0n) is 8.44. The van der Waals surface area contributed by atoms with Crippen LogP contribution in [-0.2, 0) is 18.3 Å². The van der Waals surface area contributed by atoms with Gasteiger partial charge < -0.3 is 13.8 Å². The van der Waals surface area contributed by atoms with E-state index in [9.17, 15) is 8.96 Å². The maximum absolute atomic E-state index is 13.5. The molecule has 0 N–H and O–H groups in total. The highest BCUT2D eigenvalue weighted by Crippen LogP contribution is 2.55. The number of hydrogen-bond donors (Lipinski definition) is 0. The fraction of sp³-hybridized carbons (Fsp3) is 1.00. The minimum absolute atomic E-state index is 0.0945. The molecular weight excluding hydrogens is 210 g/mol. The molecule has 0 spiro atoms. The third-order valence-corrected chi connectivity index (χ3v) is 3.95. The van der Waals surface area contributed by atoms with Crippen LogP contribution in [-0.4, -0.2) is 31.8 Å². The predicted molar refractivity (Wildman–Crippen MR) is 50.1 cm³/mol. The van der Waals surface area contributed by atoms with Gasteiger partial charge in [0.15, 0.2) is 0 Å². The first-order chi connectivity index (χ1) is 6.62. The van der Waals surface area contributed by atoms with Gasteiger partial charge >= 0.3 is 7.60 Å². The number of halogens is 1. The van der Waals surface area contributed by atoms with Crippen LogP contribution in [0.1, 0.15) is 20.3 Å². The number of epoxide rings is 1. The van der Waals surface area contributed by atoms with Gasteiger partial charge in [0.05, 0.1) is 25.9 Å². The molecule has 1 aliphatic heterocycles. The van der Waals surface area contributed by atoms with Gasteiger partial charge in [-0.05, 0) is 13.8 Å². The first-order valence-electron chi connectivity index (χ1n) is 4.76. The minimum Gasteiger partial charge on any atom is -0.373 e. The van der Waals surface area contributed by atoms with E-state index in [2.05, 4.69) is 0 Å². The van der Waals surface area contributed by atoms with Gasteiger partial charge in [0.1, 0.15) is 0 Å². The van der Waals surface area contributed by atoms with Crippen LogP contribution in [0.3, 0.4) is 0 Å². The third kappa shape index (κ3) is 3.31. The van der Waals surface area contributed by atoms with Crippen molar-refractivity contribution in [1.29, 1.82) is 0 Å². The van der Waals surface area contributed by atoms with Crippen molar-refractivity contribution >= 4 is 7.60 Å². The van der Waals surface area contributed by atoms with Crippen molar-refractivity contribution in [3.8, 4) is 0 Å². The van der Waals surface area contributed by atoms with Crippen LogP contribution in [0.15, 0.2) is 0 Å². The van der Waals surface area contributed by atoms with Crippen LogP contribution >= 0.6 is 7.60 Å². The van der Waals surface area contributed by atoms with Gasteiger partial charge in [-0.2, -0.15) is 0 Å². The fourth-order valence-corrected chi connectivity index (χ4v) is 2.72. The lowest BCUT2D eigenvalue weighted by atomic mass is 10.4. The van der Waals surface area contributed by atoms with Crippen molar-refractivity contribution in [1.82, 2.24) is 0 Å². The van der Waals surface area contributed by atoms with E-state index in [0.717, 1.165) is 0 Å². The Labute approximate surface area is 83.3 Å². The summed E-state index contributed by atoms with van der Waals surface area (Å²) < 4.78 is 39.9. The topological polar surface area (TPSA) is 48.1 Å². The number of alkyl halides is 1.